The zero-order valence-electron chi connectivity index (χ0n) is 22.7. The van der Waals surface area contributed by atoms with Crippen LogP contribution in [-0.2, 0) is 12.1 Å². The Morgan fingerprint density at radius 2 is 1.45 bits per heavy atom. The highest BCUT2D eigenvalue weighted by Gasteiger charge is 2.24. The Bertz CT molecular complexity index is 1830. The predicted octanol–water partition coefficient (Wildman–Crippen LogP) is 9.19. The minimum atomic E-state index is -1.11. The molecule has 0 aliphatic rings. The number of hydrogen-bond donors (Lipinski definition) is 1. The Labute approximate surface area is 239 Å². The van der Waals surface area contributed by atoms with Crippen LogP contribution in [0.2, 0.25) is 5.02 Å². The van der Waals surface area contributed by atoms with Gasteiger partial charge in [0.15, 0.2) is 0 Å². The number of fused-ring (bicyclic) bond motifs is 3. The van der Waals surface area contributed by atoms with Crippen molar-refractivity contribution in [3.8, 4) is 28.4 Å². The van der Waals surface area contributed by atoms with Crippen molar-refractivity contribution < 1.29 is 14.6 Å². The van der Waals surface area contributed by atoms with Crippen LogP contribution in [0.15, 0.2) is 109 Å². The summed E-state index contributed by atoms with van der Waals surface area (Å²) in [7, 11) is 1.68. The maximum absolute atomic E-state index is 11.3. The fraction of sp³-hybridized carbons (Fsp3) is 0.143. The average molecular weight is 548 g/mol. The first-order valence-corrected chi connectivity index (χ1v) is 13.6. The molecule has 1 aromatic heterocycles. The number of hydrogen-bond acceptors (Lipinski definition) is 3. The molecule has 0 bridgehead atoms. The Balaban J connectivity index is 1.52. The van der Waals surface area contributed by atoms with Crippen LogP contribution < -0.4 is 9.47 Å². The third-order valence-electron chi connectivity index (χ3n) is 7.30. The van der Waals surface area contributed by atoms with E-state index in [1.165, 1.54) is 10.9 Å². The van der Waals surface area contributed by atoms with Crippen LogP contribution in [0.3, 0.4) is 0 Å². The van der Waals surface area contributed by atoms with Crippen molar-refractivity contribution in [2.24, 2.45) is 0 Å². The van der Waals surface area contributed by atoms with E-state index in [1.807, 2.05) is 48.5 Å². The third-order valence-corrected chi connectivity index (χ3v) is 7.61. The normalized spacial score (nSPS) is 11.7. The van der Waals surface area contributed by atoms with Crippen LogP contribution in [0.5, 0.6) is 17.2 Å². The summed E-state index contributed by atoms with van der Waals surface area (Å²) in [4.78, 5) is 0. The summed E-state index contributed by atoms with van der Waals surface area (Å²) in [5.41, 5.74) is 5.15. The van der Waals surface area contributed by atoms with E-state index >= 15 is 0 Å². The Kier molecular flexibility index (Phi) is 6.75. The summed E-state index contributed by atoms with van der Waals surface area (Å²) < 4.78 is 13.8. The number of nitrogens with zero attached hydrogens (tertiary/aromatic N) is 1. The highest BCUT2D eigenvalue weighted by Crippen LogP contribution is 2.42. The van der Waals surface area contributed by atoms with Crippen molar-refractivity contribution in [3.05, 3.63) is 125 Å². The maximum atomic E-state index is 11.3. The summed E-state index contributed by atoms with van der Waals surface area (Å²) in [6.45, 7) is 4.33. The van der Waals surface area contributed by atoms with E-state index < -0.39 is 5.60 Å². The number of rotatable bonds is 7. The van der Waals surface area contributed by atoms with Crippen LogP contribution in [0.1, 0.15) is 25.0 Å². The quantitative estimate of drug-likeness (QED) is 0.216. The minimum Gasteiger partial charge on any atom is -0.497 e. The van der Waals surface area contributed by atoms with Gasteiger partial charge in [0.05, 0.1) is 23.3 Å². The molecule has 0 fully saturated rings. The lowest BCUT2D eigenvalue weighted by Gasteiger charge is -2.23. The van der Waals surface area contributed by atoms with Gasteiger partial charge >= 0.3 is 0 Å². The molecule has 40 heavy (non-hydrogen) atoms. The number of halogens is 1. The first kappa shape index (κ1) is 26.0. The molecule has 1 N–H and O–H groups in total. The lowest BCUT2D eigenvalue weighted by molar-refractivity contribution is 0.0790. The summed E-state index contributed by atoms with van der Waals surface area (Å²) in [6, 6.07) is 36.3. The maximum Gasteiger partial charge on any atom is 0.146 e. The van der Waals surface area contributed by atoms with Crippen molar-refractivity contribution in [2.75, 3.05) is 7.11 Å². The molecule has 0 spiro atoms. The van der Waals surface area contributed by atoms with Gasteiger partial charge in [0.25, 0.3) is 0 Å². The van der Waals surface area contributed by atoms with Gasteiger partial charge < -0.3 is 19.1 Å². The van der Waals surface area contributed by atoms with Crippen molar-refractivity contribution in [1.82, 2.24) is 4.57 Å². The first-order chi connectivity index (χ1) is 19.3. The van der Waals surface area contributed by atoms with E-state index in [1.54, 1.807) is 27.0 Å². The largest absolute Gasteiger partial charge is 0.497 e. The summed E-state index contributed by atoms with van der Waals surface area (Å²) in [5, 5.41) is 14.2. The molecule has 5 heteroatoms. The monoisotopic (exact) mass is 547 g/mol. The van der Waals surface area contributed by atoms with E-state index in [9.17, 15) is 5.11 Å². The smallest absolute Gasteiger partial charge is 0.146 e. The van der Waals surface area contributed by atoms with Gasteiger partial charge in [0, 0.05) is 22.8 Å². The molecule has 0 saturated carbocycles. The van der Waals surface area contributed by atoms with Crippen molar-refractivity contribution in [2.45, 2.75) is 26.0 Å². The Morgan fingerprint density at radius 1 is 0.750 bits per heavy atom. The SMILES string of the molecule is COc1ccc(Cn2c3ccccc3c3c(-c4ccc(Oc5ccccc5Cl)cc4C(C)(C)O)cccc32)cc1. The number of aromatic nitrogens is 1. The molecule has 200 valence electrons. The van der Waals surface area contributed by atoms with E-state index in [0.29, 0.717) is 16.5 Å². The Hall–Kier alpha value is -4.25. The number of aliphatic hydroxyl groups is 1. The summed E-state index contributed by atoms with van der Waals surface area (Å²) in [5.74, 6) is 2.03. The van der Waals surface area contributed by atoms with Gasteiger partial charge in [0.2, 0.25) is 0 Å². The van der Waals surface area contributed by atoms with Crippen LogP contribution in [-0.4, -0.2) is 16.8 Å². The highest BCUT2D eigenvalue weighted by atomic mass is 35.5. The van der Waals surface area contributed by atoms with Crippen molar-refractivity contribution in [1.29, 1.82) is 0 Å². The van der Waals surface area contributed by atoms with Crippen LogP contribution in [0.25, 0.3) is 32.9 Å². The highest BCUT2D eigenvalue weighted by molar-refractivity contribution is 6.32. The molecule has 0 amide bonds. The van der Waals surface area contributed by atoms with Gasteiger partial charge in [-0.15, -0.1) is 0 Å². The van der Waals surface area contributed by atoms with Gasteiger partial charge in [-0.25, -0.2) is 0 Å². The second-order valence-corrected chi connectivity index (χ2v) is 10.9. The molecule has 0 aliphatic heterocycles. The Morgan fingerprint density at radius 3 is 2.20 bits per heavy atom. The van der Waals surface area contributed by atoms with Gasteiger partial charge in [-0.1, -0.05) is 72.3 Å². The predicted molar refractivity (Wildman–Crippen MR) is 164 cm³/mol. The summed E-state index contributed by atoms with van der Waals surface area (Å²) in [6.07, 6.45) is 0. The second-order valence-electron chi connectivity index (χ2n) is 10.4. The number of methoxy groups -OCH3 is 1. The topological polar surface area (TPSA) is 43.6 Å². The van der Waals surface area contributed by atoms with Crippen LogP contribution >= 0.6 is 11.6 Å². The molecule has 0 atom stereocenters. The lowest BCUT2D eigenvalue weighted by atomic mass is 9.87. The van der Waals surface area contributed by atoms with Gasteiger partial charge in [0.1, 0.15) is 17.2 Å². The molecular formula is C35H30ClNO3. The lowest BCUT2D eigenvalue weighted by Crippen LogP contribution is -2.17. The molecule has 0 aliphatic carbocycles. The molecule has 6 rings (SSSR count). The zero-order valence-corrected chi connectivity index (χ0v) is 23.4. The van der Waals surface area contributed by atoms with Gasteiger partial charge in [-0.05, 0) is 84.6 Å². The third kappa shape index (κ3) is 4.81. The first-order valence-electron chi connectivity index (χ1n) is 13.3. The molecule has 0 unspecified atom stereocenters. The average Bonchev–Trinajstić information content (AvgIpc) is 3.28. The number of benzene rings is 5. The van der Waals surface area contributed by atoms with Gasteiger partial charge in [-0.3, -0.25) is 0 Å². The van der Waals surface area contributed by atoms with E-state index in [4.69, 9.17) is 21.1 Å². The van der Waals surface area contributed by atoms with E-state index in [-0.39, 0.29) is 0 Å². The number of ether oxygens (including phenoxy) is 2. The van der Waals surface area contributed by atoms with Crippen LogP contribution in [0.4, 0.5) is 0 Å². The zero-order chi connectivity index (χ0) is 27.9. The molecule has 6 aromatic rings. The van der Waals surface area contributed by atoms with E-state index in [0.717, 1.165) is 45.4 Å². The molecule has 4 nitrogen and oxygen atoms in total. The summed E-state index contributed by atoms with van der Waals surface area (Å²) >= 11 is 6.34. The molecule has 1 heterocycles. The molecule has 0 radical (unpaired) electrons. The number of para-hydroxylation sites is 2. The minimum absolute atomic E-state index is 0.533. The van der Waals surface area contributed by atoms with Gasteiger partial charge in [-0.2, -0.15) is 0 Å². The van der Waals surface area contributed by atoms with Crippen molar-refractivity contribution in [3.63, 3.8) is 0 Å². The molecule has 0 saturated heterocycles. The van der Waals surface area contributed by atoms with Crippen LogP contribution in [0, 0.1) is 0 Å². The van der Waals surface area contributed by atoms with E-state index in [2.05, 4.69) is 59.2 Å². The fourth-order valence-electron chi connectivity index (χ4n) is 5.39. The fourth-order valence-corrected chi connectivity index (χ4v) is 5.56. The van der Waals surface area contributed by atoms with Crippen molar-refractivity contribution >= 4 is 33.4 Å². The second kappa shape index (κ2) is 10.4. The molecule has 5 aromatic carbocycles. The standard InChI is InChI=1S/C35H30ClNO3/c1-35(2,38)29-21-25(40-33-14-7-5-11-30(33)36)19-20-26(29)27-10-8-13-32-34(27)28-9-4-6-12-31(28)37(32)22-23-15-17-24(39-3)18-16-23/h4-21,38H,22H2,1-3H3. The molecular weight excluding hydrogens is 518 g/mol.